The van der Waals surface area contributed by atoms with Crippen LogP contribution in [0.4, 0.5) is 0 Å². The third-order valence-electron chi connectivity index (χ3n) is 1.69. The maximum atomic E-state index is 11.3. The third kappa shape index (κ3) is 1.34. The molecule has 0 spiro atoms. The van der Waals surface area contributed by atoms with Crippen LogP contribution in [0.15, 0.2) is 27.4 Å². The van der Waals surface area contributed by atoms with Crippen molar-refractivity contribution in [3.05, 3.63) is 39.5 Å². The van der Waals surface area contributed by atoms with Gasteiger partial charge in [-0.15, -0.1) is 0 Å². The van der Waals surface area contributed by atoms with Crippen LogP contribution in [0.1, 0.15) is 5.89 Å². The van der Waals surface area contributed by atoms with E-state index in [1.807, 2.05) is 0 Å². The number of nitriles is 1. The molecule has 4 nitrogen and oxygen atoms in total. The van der Waals surface area contributed by atoms with Gasteiger partial charge in [0, 0.05) is 5.02 Å². The highest BCUT2D eigenvalue weighted by Crippen LogP contribution is 2.14. The van der Waals surface area contributed by atoms with Gasteiger partial charge in [-0.1, -0.05) is 11.6 Å². The first-order valence-corrected chi connectivity index (χ1v) is 4.09. The van der Waals surface area contributed by atoms with E-state index in [4.69, 9.17) is 16.9 Å². The van der Waals surface area contributed by atoms with Crippen molar-refractivity contribution >= 4 is 22.5 Å². The summed E-state index contributed by atoms with van der Waals surface area (Å²) in [7, 11) is 0. The van der Waals surface area contributed by atoms with Crippen molar-refractivity contribution in [1.29, 1.82) is 5.26 Å². The molecule has 0 saturated carbocycles. The Labute approximate surface area is 83.4 Å². The second kappa shape index (κ2) is 3.13. The normalized spacial score (nSPS) is 10.0. The maximum Gasteiger partial charge on any atom is 0.347 e. The molecule has 0 saturated heterocycles. The van der Waals surface area contributed by atoms with Crippen molar-refractivity contribution < 1.29 is 4.42 Å². The molecule has 0 amide bonds. The summed E-state index contributed by atoms with van der Waals surface area (Å²) in [6.07, 6.45) is 0. The van der Waals surface area contributed by atoms with Gasteiger partial charge in [0.15, 0.2) is 6.07 Å². The topological polar surface area (TPSA) is 66.9 Å². The molecule has 0 aliphatic carbocycles. The highest BCUT2D eigenvalue weighted by Gasteiger charge is 2.05. The van der Waals surface area contributed by atoms with E-state index in [1.165, 1.54) is 12.1 Å². The lowest BCUT2D eigenvalue weighted by Crippen LogP contribution is -2.02. The molecular weight excluding hydrogens is 204 g/mol. The van der Waals surface area contributed by atoms with E-state index < -0.39 is 5.63 Å². The van der Waals surface area contributed by atoms with Crippen LogP contribution in [-0.2, 0) is 0 Å². The molecule has 2 aromatic rings. The zero-order valence-corrected chi connectivity index (χ0v) is 7.58. The van der Waals surface area contributed by atoms with Gasteiger partial charge in [-0.25, -0.2) is 9.78 Å². The zero-order valence-electron chi connectivity index (χ0n) is 6.82. The van der Waals surface area contributed by atoms with Crippen molar-refractivity contribution in [2.75, 3.05) is 0 Å². The van der Waals surface area contributed by atoms with Gasteiger partial charge in [0.2, 0.25) is 0 Å². The van der Waals surface area contributed by atoms with Gasteiger partial charge in [-0.3, -0.25) is 0 Å². The van der Waals surface area contributed by atoms with Crippen LogP contribution in [0.25, 0.3) is 10.9 Å². The Balaban J connectivity index is 2.92. The average Bonchev–Trinajstić information content (AvgIpc) is 2.16. The predicted octanol–water partition coefficient (Wildman–Crippen LogP) is 1.71. The van der Waals surface area contributed by atoms with Gasteiger partial charge in [0.05, 0.1) is 10.9 Å². The summed E-state index contributed by atoms with van der Waals surface area (Å²) in [6, 6.07) is 6.24. The zero-order chi connectivity index (χ0) is 10.1. The van der Waals surface area contributed by atoms with Gasteiger partial charge in [0.25, 0.3) is 0 Å². The highest BCUT2D eigenvalue weighted by molar-refractivity contribution is 6.31. The van der Waals surface area contributed by atoms with Crippen LogP contribution in [0.5, 0.6) is 0 Å². The van der Waals surface area contributed by atoms with Crippen molar-refractivity contribution in [3.63, 3.8) is 0 Å². The van der Waals surface area contributed by atoms with Crippen LogP contribution in [0, 0.1) is 11.3 Å². The standard InChI is InChI=1S/C9H3ClN2O2/c10-5-1-2-6-7(3-5)12-8(4-11)14-9(6)13/h1-3H. The Morgan fingerprint density at radius 1 is 1.50 bits per heavy atom. The Kier molecular flexibility index (Phi) is 1.95. The molecule has 1 aromatic heterocycles. The quantitative estimate of drug-likeness (QED) is 0.658. The Bertz CT molecular complexity index is 598. The molecule has 0 radical (unpaired) electrons. The number of nitrogens with zero attached hydrogens (tertiary/aromatic N) is 2. The fourth-order valence-electron chi connectivity index (χ4n) is 1.09. The predicted molar refractivity (Wildman–Crippen MR) is 50.0 cm³/mol. The Morgan fingerprint density at radius 2 is 2.29 bits per heavy atom. The summed E-state index contributed by atoms with van der Waals surface area (Å²) in [6.45, 7) is 0. The minimum atomic E-state index is -0.580. The van der Waals surface area contributed by atoms with Crippen LogP contribution in [0.2, 0.25) is 5.02 Å². The first-order chi connectivity index (χ1) is 6.70. The summed E-state index contributed by atoms with van der Waals surface area (Å²) in [4.78, 5) is 15.1. The lowest BCUT2D eigenvalue weighted by atomic mass is 10.2. The summed E-state index contributed by atoms with van der Waals surface area (Å²) < 4.78 is 4.61. The fourth-order valence-corrected chi connectivity index (χ4v) is 1.26. The van der Waals surface area contributed by atoms with Gasteiger partial charge >= 0.3 is 11.5 Å². The molecule has 1 aromatic carbocycles. The molecule has 68 valence electrons. The summed E-state index contributed by atoms with van der Waals surface area (Å²) in [5, 5.41) is 9.28. The number of rotatable bonds is 0. The molecule has 2 rings (SSSR count). The number of halogens is 1. The number of hydrogen-bond donors (Lipinski definition) is 0. The van der Waals surface area contributed by atoms with E-state index >= 15 is 0 Å². The number of fused-ring (bicyclic) bond motifs is 1. The SMILES string of the molecule is N#Cc1nc2cc(Cl)ccc2c(=O)o1. The van der Waals surface area contributed by atoms with E-state index in [9.17, 15) is 4.79 Å². The Morgan fingerprint density at radius 3 is 3.00 bits per heavy atom. The maximum absolute atomic E-state index is 11.3. The number of aromatic nitrogens is 1. The van der Waals surface area contributed by atoms with Crippen LogP contribution < -0.4 is 5.63 Å². The lowest BCUT2D eigenvalue weighted by Gasteiger charge is -1.95. The number of benzene rings is 1. The molecule has 0 unspecified atom stereocenters. The van der Waals surface area contributed by atoms with E-state index in [-0.39, 0.29) is 5.89 Å². The van der Waals surface area contributed by atoms with E-state index in [0.717, 1.165) is 0 Å². The van der Waals surface area contributed by atoms with Crippen LogP contribution in [-0.4, -0.2) is 4.98 Å². The minimum absolute atomic E-state index is 0.259. The number of hydrogen-bond acceptors (Lipinski definition) is 4. The molecule has 0 aliphatic heterocycles. The first-order valence-electron chi connectivity index (χ1n) is 3.71. The van der Waals surface area contributed by atoms with Crippen molar-refractivity contribution in [2.45, 2.75) is 0 Å². The molecule has 5 heteroatoms. The third-order valence-corrected chi connectivity index (χ3v) is 1.92. The minimum Gasteiger partial charge on any atom is -0.394 e. The van der Waals surface area contributed by atoms with Crippen molar-refractivity contribution in [1.82, 2.24) is 4.98 Å². The fraction of sp³-hybridized carbons (Fsp3) is 0. The van der Waals surface area contributed by atoms with Gasteiger partial charge < -0.3 is 4.42 Å². The highest BCUT2D eigenvalue weighted by atomic mass is 35.5. The van der Waals surface area contributed by atoms with Gasteiger partial charge in [-0.05, 0) is 18.2 Å². The smallest absolute Gasteiger partial charge is 0.347 e. The molecule has 0 fully saturated rings. The molecule has 0 N–H and O–H groups in total. The second-order valence-corrected chi connectivity index (χ2v) is 3.02. The molecular formula is C9H3ClN2O2. The summed E-state index contributed by atoms with van der Waals surface area (Å²) >= 11 is 5.71. The molecule has 14 heavy (non-hydrogen) atoms. The van der Waals surface area contributed by atoms with Crippen LogP contribution in [0.3, 0.4) is 0 Å². The van der Waals surface area contributed by atoms with Gasteiger partial charge in [-0.2, -0.15) is 5.26 Å². The second-order valence-electron chi connectivity index (χ2n) is 2.58. The van der Waals surface area contributed by atoms with E-state index in [1.54, 1.807) is 12.1 Å². The van der Waals surface area contributed by atoms with E-state index in [2.05, 4.69) is 9.40 Å². The molecule has 0 aliphatic rings. The lowest BCUT2D eigenvalue weighted by molar-refractivity contribution is 0.486. The Hall–Kier alpha value is -1.86. The molecule has 0 atom stereocenters. The molecule has 1 heterocycles. The average molecular weight is 207 g/mol. The largest absolute Gasteiger partial charge is 0.394 e. The summed E-state index contributed by atoms with van der Waals surface area (Å²) in [5.74, 6) is -0.259. The monoisotopic (exact) mass is 206 g/mol. The molecule has 0 bridgehead atoms. The van der Waals surface area contributed by atoms with Gasteiger partial charge in [0.1, 0.15) is 0 Å². The summed E-state index contributed by atoms with van der Waals surface area (Å²) in [5.41, 5.74) is -0.214. The van der Waals surface area contributed by atoms with Crippen molar-refractivity contribution in [2.24, 2.45) is 0 Å². The van der Waals surface area contributed by atoms with E-state index in [0.29, 0.717) is 15.9 Å². The first kappa shape index (κ1) is 8.73. The van der Waals surface area contributed by atoms with Crippen molar-refractivity contribution in [3.8, 4) is 6.07 Å². The van der Waals surface area contributed by atoms with Crippen LogP contribution >= 0.6 is 11.6 Å².